The molecule has 0 radical (unpaired) electrons. The summed E-state index contributed by atoms with van der Waals surface area (Å²) < 4.78 is 12.7. The van der Waals surface area contributed by atoms with E-state index >= 15 is 0 Å². The number of nitrogens with one attached hydrogen (secondary N) is 1. The SMILES string of the molecule is Cc1ccc(-n2c(SCCC(=O)Nc3ccc4c(c3)OCO4)nnc2-c2ccncc2)cc1C. The number of hydrogen-bond donors (Lipinski definition) is 1. The van der Waals surface area contributed by atoms with E-state index in [4.69, 9.17) is 9.47 Å². The Hall–Kier alpha value is -3.85. The fraction of sp³-hybridized carbons (Fsp3) is 0.200. The van der Waals surface area contributed by atoms with E-state index in [0.29, 0.717) is 29.4 Å². The largest absolute Gasteiger partial charge is 0.454 e. The van der Waals surface area contributed by atoms with E-state index in [1.807, 2.05) is 16.7 Å². The lowest BCUT2D eigenvalue weighted by Crippen LogP contribution is -2.12. The van der Waals surface area contributed by atoms with Crippen molar-refractivity contribution in [2.45, 2.75) is 25.4 Å². The number of hydrogen-bond acceptors (Lipinski definition) is 7. The van der Waals surface area contributed by atoms with Crippen molar-refractivity contribution < 1.29 is 14.3 Å². The molecule has 8 nitrogen and oxygen atoms in total. The van der Waals surface area contributed by atoms with Crippen LogP contribution in [0, 0.1) is 13.8 Å². The molecule has 5 rings (SSSR count). The maximum atomic E-state index is 12.5. The number of aryl methyl sites for hydroxylation is 2. The molecule has 0 fully saturated rings. The lowest BCUT2D eigenvalue weighted by Gasteiger charge is -2.12. The number of aromatic nitrogens is 4. The molecule has 2 aromatic carbocycles. The Morgan fingerprint density at radius 3 is 2.65 bits per heavy atom. The highest BCUT2D eigenvalue weighted by Crippen LogP contribution is 2.34. The van der Waals surface area contributed by atoms with Crippen molar-refractivity contribution in [2.24, 2.45) is 0 Å². The molecule has 4 aromatic rings. The van der Waals surface area contributed by atoms with E-state index in [-0.39, 0.29) is 12.7 Å². The molecule has 9 heteroatoms. The van der Waals surface area contributed by atoms with Gasteiger partial charge in [0.05, 0.1) is 5.69 Å². The number of pyridine rings is 1. The Bertz CT molecular complexity index is 1340. The summed E-state index contributed by atoms with van der Waals surface area (Å²) in [6, 6.07) is 15.5. The minimum atomic E-state index is -0.0852. The molecule has 172 valence electrons. The smallest absolute Gasteiger partial charge is 0.231 e. The molecule has 3 heterocycles. The van der Waals surface area contributed by atoms with Gasteiger partial charge in [-0.05, 0) is 61.4 Å². The maximum Gasteiger partial charge on any atom is 0.231 e. The fourth-order valence-electron chi connectivity index (χ4n) is 3.58. The van der Waals surface area contributed by atoms with Crippen LogP contribution < -0.4 is 14.8 Å². The van der Waals surface area contributed by atoms with E-state index in [2.05, 4.69) is 52.5 Å². The van der Waals surface area contributed by atoms with Crippen molar-refractivity contribution in [3.63, 3.8) is 0 Å². The van der Waals surface area contributed by atoms with E-state index < -0.39 is 0 Å². The highest BCUT2D eigenvalue weighted by Gasteiger charge is 2.18. The van der Waals surface area contributed by atoms with Crippen molar-refractivity contribution in [1.82, 2.24) is 19.7 Å². The number of carbonyl (C=O) groups excluding carboxylic acids is 1. The molecule has 2 aromatic heterocycles. The Balaban J connectivity index is 1.32. The van der Waals surface area contributed by atoms with E-state index in [1.54, 1.807) is 30.6 Å². The second-order valence-electron chi connectivity index (χ2n) is 7.86. The Morgan fingerprint density at radius 2 is 1.82 bits per heavy atom. The second-order valence-corrected chi connectivity index (χ2v) is 8.92. The van der Waals surface area contributed by atoms with E-state index in [1.165, 1.54) is 22.9 Å². The molecule has 0 aliphatic carbocycles. The van der Waals surface area contributed by atoms with Gasteiger partial charge in [0.25, 0.3) is 0 Å². The van der Waals surface area contributed by atoms with Gasteiger partial charge in [-0.2, -0.15) is 0 Å². The van der Waals surface area contributed by atoms with Crippen molar-refractivity contribution in [3.05, 3.63) is 72.1 Å². The van der Waals surface area contributed by atoms with Crippen LogP contribution in [-0.4, -0.2) is 38.2 Å². The van der Waals surface area contributed by atoms with Crippen LogP contribution in [0.3, 0.4) is 0 Å². The van der Waals surface area contributed by atoms with Gasteiger partial charge in [0.1, 0.15) is 0 Å². The molecular formula is C25H23N5O3S. The average Bonchev–Trinajstić information content (AvgIpc) is 3.48. The first-order valence-electron chi connectivity index (χ1n) is 10.8. The number of benzene rings is 2. The van der Waals surface area contributed by atoms with Gasteiger partial charge in [-0.15, -0.1) is 10.2 Å². The lowest BCUT2D eigenvalue weighted by atomic mass is 10.1. The van der Waals surface area contributed by atoms with Gasteiger partial charge in [-0.1, -0.05) is 17.8 Å². The summed E-state index contributed by atoms with van der Waals surface area (Å²) in [4.78, 5) is 16.6. The number of nitrogens with zero attached hydrogens (tertiary/aromatic N) is 4. The predicted molar refractivity (Wildman–Crippen MR) is 131 cm³/mol. The summed E-state index contributed by atoms with van der Waals surface area (Å²) in [7, 11) is 0. The minimum Gasteiger partial charge on any atom is -0.454 e. The highest BCUT2D eigenvalue weighted by atomic mass is 32.2. The zero-order valence-electron chi connectivity index (χ0n) is 18.8. The van der Waals surface area contributed by atoms with Crippen molar-refractivity contribution in [1.29, 1.82) is 0 Å². The molecule has 1 aliphatic heterocycles. The number of thioether (sulfide) groups is 1. The topological polar surface area (TPSA) is 91.2 Å². The quantitative estimate of drug-likeness (QED) is 0.386. The maximum absolute atomic E-state index is 12.5. The average molecular weight is 474 g/mol. The summed E-state index contributed by atoms with van der Waals surface area (Å²) in [6.07, 6.45) is 3.80. The van der Waals surface area contributed by atoms with Crippen LogP contribution in [-0.2, 0) is 4.79 Å². The summed E-state index contributed by atoms with van der Waals surface area (Å²) in [5, 5.41) is 12.5. The second kappa shape index (κ2) is 9.56. The first-order valence-corrected chi connectivity index (χ1v) is 11.8. The third kappa shape index (κ3) is 4.60. The molecule has 34 heavy (non-hydrogen) atoms. The zero-order chi connectivity index (χ0) is 23.5. The molecule has 0 saturated heterocycles. The highest BCUT2D eigenvalue weighted by molar-refractivity contribution is 7.99. The predicted octanol–water partition coefficient (Wildman–Crippen LogP) is 4.80. The molecule has 0 bridgehead atoms. The van der Waals surface area contributed by atoms with Gasteiger partial charge >= 0.3 is 0 Å². The van der Waals surface area contributed by atoms with Gasteiger partial charge in [-0.3, -0.25) is 14.3 Å². The monoisotopic (exact) mass is 473 g/mol. The third-order valence-electron chi connectivity index (χ3n) is 5.54. The van der Waals surface area contributed by atoms with E-state index in [0.717, 1.165) is 22.2 Å². The van der Waals surface area contributed by atoms with Gasteiger partial charge in [0.15, 0.2) is 22.5 Å². The fourth-order valence-corrected chi connectivity index (χ4v) is 4.47. The normalized spacial score (nSPS) is 12.1. The Labute approximate surface area is 201 Å². The molecule has 0 saturated carbocycles. The van der Waals surface area contributed by atoms with Crippen LogP contribution in [0.4, 0.5) is 5.69 Å². The Morgan fingerprint density at radius 1 is 1.00 bits per heavy atom. The number of fused-ring (bicyclic) bond motifs is 1. The van der Waals surface area contributed by atoms with Crippen LogP contribution in [0.2, 0.25) is 0 Å². The molecule has 1 N–H and O–H groups in total. The Kier molecular flexibility index (Phi) is 6.18. The van der Waals surface area contributed by atoms with Gasteiger partial charge in [0, 0.05) is 41.9 Å². The number of ether oxygens (including phenoxy) is 2. The van der Waals surface area contributed by atoms with Crippen LogP contribution in [0.15, 0.2) is 66.1 Å². The minimum absolute atomic E-state index is 0.0852. The molecule has 0 unspecified atom stereocenters. The molecule has 1 aliphatic rings. The first kappa shape index (κ1) is 22.0. The molecule has 0 atom stereocenters. The molecule has 0 spiro atoms. The summed E-state index contributed by atoms with van der Waals surface area (Å²) >= 11 is 1.49. The van der Waals surface area contributed by atoms with Crippen molar-refractivity contribution in [2.75, 3.05) is 17.9 Å². The van der Waals surface area contributed by atoms with Crippen molar-refractivity contribution >= 4 is 23.4 Å². The number of amides is 1. The summed E-state index contributed by atoms with van der Waals surface area (Å²) in [6.45, 7) is 4.37. The standard InChI is InChI=1S/C25H23N5O3S/c1-16-3-5-20(13-17(16)2)30-24(18-7-10-26-11-8-18)28-29-25(30)34-12-9-23(31)27-19-4-6-21-22(14-19)33-15-32-21/h3-8,10-11,13-14H,9,12,15H2,1-2H3,(H,27,31). The number of anilines is 1. The summed E-state index contributed by atoms with van der Waals surface area (Å²) in [5.74, 6) is 2.52. The van der Waals surface area contributed by atoms with Crippen LogP contribution in [0.5, 0.6) is 11.5 Å². The third-order valence-corrected chi connectivity index (χ3v) is 6.47. The van der Waals surface area contributed by atoms with Gasteiger partial charge in [-0.25, -0.2) is 0 Å². The summed E-state index contributed by atoms with van der Waals surface area (Å²) in [5.41, 5.74) is 4.99. The number of rotatable bonds is 7. The lowest BCUT2D eigenvalue weighted by molar-refractivity contribution is -0.115. The zero-order valence-corrected chi connectivity index (χ0v) is 19.6. The van der Waals surface area contributed by atoms with Crippen LogP contribution in [0.1, 0.15) is 17.5 Å². The number of carbonyl (C=O) groups is 1. The van der Waals surface area contributed by atoms with Crippen LogP contribution >= 0.6 is 11.8 Å². The van der Waals surface area contributed by atoms with Gasteiger partial charge in [0.2, 0.25) is 12.7 Å². The molecular weight excluding hydrogens is 450 g/mol. The van der Waals surface area contributed by atoms with Crippen molar-refractivity contribution in [3.8, 4) is 28.6 Å². The van der Waals surface area contributed by atoms with Gasteiger partial charge < -0.3 is 14.8 Å². The van der Waals surface area contributed by atoms with Crippen LogP contribution in [0.25, 0.3) is 17.1 Å². The first-order chi connectivity index (χ1) is 16.6. The van der Waals surface area contributed by atoms with E-state index in [9.17, 15) is 4.79 Å². The molecule has 1 amide bonds.